The molecule has 2 aliphatic rings. The number of halogens is 3. The van der Waals surface area contributed by atoms with Crippen molar-refractivity contribution in [1.82, 2.24) is 4.31 Å². The second-order valence-electron chi connectivity index (χ2n) is 7.35. The van der Waals surface area contributed by atoms with Gasteiger partial charge in [-0.1, -0.05) is 0 Å². The fourth-order valence-corrected chi connectivity index (χ4v) is 4.76. The van der Waals surface area contributed by atoms with Crippen LogP contribution in [-0.2, 0) is 29.0 Å². The minimum absolute atomic E-state index is 0.0319. The van der Waals surface area contributed by atoms with Crippen molar-refractivity contribution in [3.05, 3.63) is 18.2 Å². The Morgan fingerprint density at radius 1 is 1.12 bits per heavy atom. The third-order valence-corrected chi connectivity index (χ3v) is 6.95. The number of hydrogen-bond acceptors (Lipinski definition) is 7. The highest BCUT2D eigenvalue weighted by molar-refractivity contribution is 7.89. The monoisotopic (exact) mass is 481 g/mol. The molecular weight excluding hydrogens is 455 g/mol. The van der Waals surface area contributed by atoms with Gasteiger partial charge >= 0.3 is 6.18 Å². The van der Waals surface area contributed by atoms with Crippen molar-refractivity contribution in [2.45, 2.75) is 24.1 Å². The molecule has 2 fully saturated rings. The highest BCUT2D eigenvalue weighted by Crippen LogP contribution is 2.31. The molecule has 2 saturated heterocycles. The minimum Gasteiger partial charge on any atom is -0.379 e. The average molecular weight is 481 g/mol. The summed E-state index contributed by atoms with van der Waals surface area (Å²) in [6, 6.07) is 4.36. The lowest BCUT2D eigenvalue weighted by Crippen LogP contribution is -2.41. The molecule has 1 atom stereocenters. The number of alkyl halides is 3. The number of benzene rings is 1. The van der Waals surface area contributed by atoms with E-state index in [1.807, 2.05) is 4.90 Å². The van der Waals surface area contributed by atoms with Gasteiger partial charge in [-0.05, 0) is 25.1 Å². The van der Waals surface area contributed by atoms with Crippen molar-refractivity contribution >= 4 is 27.3 Å². The quantitative estimate of drug-likeness (QED) is 0.630. The molecule has 1 N–H and O–H groups in total. The Bertz CT molecular complexity index is 900. The van der Waals surface area contributed by atoms with Crippen LogP contribution < -0.4 is 10.2 Å². The molecule has 13 heteroatoms. The van der Waals surface area contributed by atoms with Gasteiger partial charge in [0.15, 0.2) is 0 Å². The molecule has 0 bridgehead atoms. The van der Waals surface area contributed by atoms with Crippen molar-refractivity contribution in [1.29, 1.82) is 0 Å². The molecule has 1 amide bonds. The lowest BCUT2D eigenvalue weighted by atomic mass is 10.2. The van der Waals surface area contributed by atoms with Gasteiger partial charge in [-0.2, -0.15) is 17.5 Å². The third kappa shape index (κ3) is 6.32. The van der Waals surface area contributed by atoms with Crippen LogP contribution >= 0.6 is 0 Å². The maximum atomic E-state index is 13.0. The Labute approximate surface area is 184 Å². The van der Waals surface area contributed by atoms with E-state index >= 15 is 0 Å². The maximum absolute atomic E-state index is 13.0. The Balaban J connectivity index is 1.86. The standard InChI is InChI=1S/C19H26F3N3O6S/c1-14(31-13-19(20,21)22)18(26)23-16-12-15(32(27,28)25-6-10-30-11-7-25)2-3-17(16)24-4-8-29-9-5-24/h2-3,12,14H,4-11,13H2,1H3,(H,23,26). The van der Waals surface area contributed by atoms with E-state index in [9.17, 15) is 26.4 Å². The third-order valence-electron chi connectivity index (χ3n) is 5.05. The molecule has 0 aliphatic carbocycles. The lowest BCUT2D eigenvalue weighted by Gasteiger charge is -2.31. The van der Waals surface area contributed by atoms with Gasteiger partial charge in [0.25, 0.3) is 5.91 Å². The second-order valence-corrected chi connectivity index (χ2v) is 9.29. The van der Waals surface area contributed by atoms with Gasteiger partial charge in [0.2, 0.25) is 10.0 Å². The summed E-state index contributed by atoms with van der Waals surface area (Å²) >= 11 is 0. The number of amides is 1. The molecular formula is C19H26F3N3O6S. The van der Waals surface area contributed by atoms with E-state index in [2.05, 4.69) is 10.1 Å². The topological polar surface area (TPSA) is 97.4 Å². The average Bonchev–Trinajstić information content (AvgIpc) is 2.78. The zero-order chi connectivity index (χ0) is 23.4. The van der Waals surface area contributed by atoms with Crippen molar-refractivity contribution in [2.24, 2.45) is 0 Å². The van der Waals surface area contributed by atoms with Crippen molar-refractivity contribution in [2.75, 3.05) is 69.4 Å². The van der Waals surface area contributed by atoms with Gasteiger partial charge in [0, 0.05) is 26.2 Å². The Hall–Kier alpha value is -1.93. The number of rotatable bonds is 7. The van der Waals surface area contributed by atoms with Crippen molar-refractivity contribution in [3.8, 4) is 0 Å². The molecule has 0 radical (unpaired) electrons. The summed E-state index contributed by atoms with van der Waals surface area (Å²) in [5.74, 6) is -0.815. The number of anilines is 2. The molecule has 1 aromatic carbocycles. The first-order valence-corrected chi connectivity index (χ1v) is 11.6. The Morgan fingerprint density at radius 3 is 2.31 bits per heavy atom. The van der Waals surface area contributed by atoms with Crippen LogP contribution in [0.15, 0.2) is 23.1 Å². The van der Waals surface area contributed by atoms with Gasteiger partial charge in [0.05, 0.1) is 42.7 Å². The Morgan fingerprint density at radius 2 is 1.72 bits per heavy atom. The van der Waals surface area contributed by atoms with E-state index in [1.165, 1.54) is 23.4 Å². The van der Waals surface area contributed by atoms with Crippen LogP contribution in [0, 0.1) is 0 Å². The van der Waals surface area contributed by atoms with E-state index in [1.54, 1.807) is 6.07 Å². The molecule has 9 nitrogen and oxygen atoms in total. The predicted octanol–water partition coefficient (Wildman–Crippen LogP) is 1.45. The van der Waals surface area contributed by atoms with Crippen molar-refractivity contribution in [3.63, 3.8) is 0 Å². The first-order valence-electron chi connectivity index (χ1n) is 10.1. The smallest absolute Gasteiger partial charge is 0.379 e. The van der Waals surface area contributed by atoms with Crippen LogP contribution in [0.2, 0.25) is 0 Å². The highest BCUT2D eigenvalue weighted by atomic mass is 32.2. The number of nitrogens with zero attached hydrogens (tertiary/aromatic N) is 2. The van der Waals surface area contributed by atoms with E-state index in [0.717, 1.165) is 0 Å². The number of carbonyl (C=O) groups excluding carboxylic acids is 1. The van der Waals surface area contributed by atoms with Crippen molar-refractivity contribution < 1.29 is 40.6 Å². The van der Waals surface area contributed by atoms with E-state index in [4.69, 9.17) is 9.47 Å². The molecule has 2 heterocycles. The molecule has 1 unspecified atom stereocenters. The van der Waals surface area contributed by atoms with Crippen LogP contribution in [0.3, 0.4) is 0 Å². The fraction of sp³-hybridized carbons (Fsp3) is 0.632. The molecule has 2 aliphatic heterocycles. The number of morpholine rings is 2. The summed E-state index contributed by atoms with van der Waals surface area (Å²) in [6.07, 6.45) is -5.96. The minimum atomic E-state index is -4.57. The predicted molar refractivity (Wildman–Crippen MR) is 109 cm³/mol. The first kappa shape index (κ1) is 24.7. The van der Waals surface area contributed by atoms with Gasteiger partial charge < -0.3 is 24.4 Å². The van der Waals surface area contributed by atoms with Gasteiger partial charge in [-0.15, -0.1) is 0 Å². The molecule has 180 valence electrons. The second kappa shape index (κ2) is 10.3. The van der Waals surface area contributed by atoms with Crippen LogP contribution in [0.1, 0.15) is 6.92 Å². The van der Waals surface area contributed by atoms with Crippen LogP contribution in [-0.4, -0.2) is 90.1 Å². The van der Waals surface area contributed by atoms with Crippen LogP contribution in [0.5, 0.6) is 0 Å². The number of ether oxygens (including phenoxy) is 3. The summed E-state index contributed by atoms with van der Waals surface area (Å²) in [5, 5.41) is 2.54. The molecule has 0 aromatic heterocycles. The zero-order valence-electron chi connectivity index (χ0n) is 17.6. The van der Waals surface area contributed by atoms with E-state index in [-0.39, 0.29) is 36.9 Å². The maximum Gasteiger partial charge on any atom is 0.411 e. The summed E-state index contributed by atoms with van der Waals surface area (Å²) in [4.78, 5) is 14.4. The Kier molecular flexibility index (Phi) is 7.98. The van der Waals surface area contributed by atoms with Crippen LogP contribution in [0.4, 0.5) is 24.5 Å². The number of hydrogen-bond donors (Lipinski definition) is 1. The molecule has 3 rings (SSSR count). The highest BCUT2D eigenvalue weighted by Gasteiger charge is 2.31. The summed E-state index contributed by atoms with van der Waals surface area (Å²) in [6.45, 7) is 2.53. The zero-order valence-corrected chi connectivity index (χ0v) is 18.4. The summed E-state index contributed by atoms with van der Waals surface area (Å²) in [5.41, 5.74) is 0.722. The normalized spacial score (nSPS) is 19.6. The van der Waals surface area contributed by atoms with E-state index < -0.39 is 34.8 Å². The first-order chi connectivity index (χ1) is 15.1. The van der Waals surface area contributed by atoms with Gasteiger partial charge in [-0.3, -0.25) is 4.79 Å². The van der Waals surface area contributed by atoms with Gasteiger partial charge in [-0.25, -0.2) is 8.42 Å². The molecule has 0 saturated carbocycles. The summed E-state index contributed by atoms with van der Waals surface area (Å²) in [7, 11) is -3.84. The SMILES string of the molecule is CC(OCC(F)(F)F)C(=O)Nc1cc(S(=O)(=O)N2CCOCC2)ccc1N1CCOCC1. The van der Waals surface area contributed by atoms with Crippen LogP contribution in [0.25, 0.3) is 0 Å². The number of nitrogens with one attached hydrogen (secondary N) is 1. The van der Waals surface area contributed by atoms with E-state index in [0.29, 0.717) is 32.0 Å². The number of sulfonamides is 1. The lowest BCUT2D eigenvalue weighted by molar-refractivity contribution is -0.184. The molecule has 32 heavy (non-hydrogen) atoms. The molecule has 0 spiro atoms. The molecule has 1 aromatic rings. The summed E-state index contributed by atoms with van der Waals surface area (Å²) < 4.78 is 79.8. The largest absolute Gasteiger partial charge is 0.411 e. The van der Waals surface area contributed by atoms with Gasteiger partial charge in [0.1, 0.15) is 12.7 Å². The fourth-order valence-electron chi connectivity index (χ4n) is 3.32. The number of carbonyl (C=O) groups is 1.